The van der Waals surface area contributed by atoms with E-state index in [-0.39, 0.29) is 24.9 Å². The zero-order chi connectivity index (χ0) is 12.0. The van der Waals surface area contributed by atoms with Gasteiger partial charge in [0.1, 0.15) is 12.1 Å². The minimum atomic E-state index is -0.810. The number of tetrazole rings is 1. The van der Waals surface area contributed by atoms with Crippen molar-refractivity contribution in [2.75, 3.05) is 6.61 Å². The topological polar surface area (TPSA) is 122 Å². The standard InChI is InChI=1S/C7H7N5O5/c13-4-1-3(5-2-16-6(4)17-5)11-9-7(8-10-11)12(14)15/h3,5-6H,1-2H2/t3-,5+,6-/m1/s1. The summed E-state index contributed by atoms with van der Waals surface area (Å²) in [6.45, 7) is 0.246. The molecule has 90 valence electrons. The quantitative estimate of drug-likeness (QED) is 0.469. The maximum absolute atomic E-state index is 11.5. The van der Waals surface area contributed by atoms with Crippen LogP contribution in [0.4, 0.5) is 5.95 Å². The maximum Gasteiger partial charge on any atom is 0.514 e. The van der Waals surface area contributed by atoms with Gasteiger partial charge in [0.25, 0.3) is 0 Å². The molecular formula is C7H7N5O5. The molecule has 0 amide bonds. The summed E-state index contributed by atoms with van der Waals surface area (Å²) in [6.07, 6.45) is -1.05. The lowest BCUT2D eigenvalue weighted by molar-refractivity contribution is -0.394. The highest BCUT2D eigenvalue weighted by molar-refractivity contribution is 5.83. The lowest BCUT2D eigenvalue weighted by Crippen LogP contribution is -2.37. The second-order valence-corrected chi connectivity index (χ2v) is 3.74. The van der Waals surface area contributed by atoms with Crippen LogP contribution in [0.25, 0.3) is 0 Å². The van der Waals surface area contributed by atoms with E-state index in [1.807, 2.05) is 0 Å². The van der Waals surface area contributed by atoms with Crippen molar-refractivity contribution in [1.29, 1.82) is 0 Å². The molecule has 0 unspecified atom stereocenters. The molecule has 2 aliphatic rings. The van der Waals surface area contributed by atoms with Gasteiger partial charge in [0, 0.05) is 11.6 Å². The Balaban J connectivity index is 1.87. The first-order valence-corrected chi connectivity index (χ1v) is 4.89. The van der Waals surface area contributed by atoms with Crippen LogP contribution in [0.1, 0.15) is 12.5 Å². The molecule has 1 aromatic heterocycles. The predicted molar refractivity (Wildman–Crippen MR) is 47.7 cm³/mol. The van der Waals surface area contributed by atoms with Crippen LogP contribution in [0, 0.1) is 10.1 Å². The lowest BCUT2D eigenvalue weighted by Gasteiger charge is -2.23. The highest BCUT2D eigenvalue weighted by atomic mass is 16.7. The molecule has 3 heterocycles. The lowest BCUT2D eigenvalue weighted by atomic mass is 10.0. The van der Waals surface area contributed by atoms with Crippen molar-refractivity contribution in [1.82, 2.24) is 20.2 Å². The molecule has 2 aliphatic heterocycles. The van der Waals surface area contributed by atoms with Crippen LogP contribution in [-0.4, -0.2) is 49.9 Å². The van der Waals surface area contributed by atoms with Gasteiger partial charge in [-0.2, -0.15) is 0 Å². The molecule has 17 heavy (non-hydrogen) atoms. The Kier molecular flexibility index (Phi) is 2.12. The van der Waals surface area contributed by atoms with Crippen molar-refractivity contribution in [3.63, 3.8) is 0 Å². The molecular weight excluding hydrogens is 234 g/mol. The normalized spacial score (nSPS) is 31.8. The molecule has 2 saturated heterocycles. The van der Waals surface area contributed by atoms with Gasteiger partial charge in [-0.1, -0.05) is 4.80 Å². The number of hydrogen-bond acceptors (Lipinski definition) is 8. The van der Waals surface area contributed by atoms with Gasteiger partial charge in [0.05, 0.1) is 16.8 Å². The molecule has 3 rings (SSSR count). The van der Waals surface area contributed by atoms with Gasteiger partial charge in [0.2, 0.25) is 6.29 Å². The molecule has 0 aromatic carbocycles. The Labute approximate surface area is 93.6 Å². The van der Waals surface area contributed by atoms with Gasteiger partial charge in [-0.05, 0) is 4.92 Å². The number of hydrogen-bond donors (Lipinski definition) is 0. The molecule has 0 aliphatic carbocycles. The van der Waals surface area contributed by atoms with Gasteiger partial charge in [0.15, 0.2) is 5.78 Å². The molecule has 2 bridgehead atoms. The second-order valence-electron chi connectivity index (χ2n) is 3.74. The molecule has 3 atom stereocenters. The van der Waals surface area contributed by atoms with E-state index in [1.54, 1.807) is 0 Å². The molecule has 1 aromatic rings. The summed E-state index contributed by atoms with van der Waals surface area (Å²) in [5.41, 5.74) is 0. The second kappa shape index (κ2) is 3.53. The minimum Gasteiger partial charge on any atom is -0.390 e. The summed E-state index contributed by atoms with van der Waals surface area (Å²) >= 11 is 0. The third kappa shape index (κ3) is 1.57. The van der Waals surface area contributed by atoms with Gasteiger partial charge < -0.3 is 19.6 Å². The number of ether oxygens (including phenoxy) is 2. The van der Waals surface area contributed by atoms with Crippen LogP contribution >= 0.6 is 0 Å². The molecule has 0 radical (unpaired) electrons. The SMILES string of the molecule is O=C1C[C@@H](n2nnc([N+](=O)[O-])n2)[C@@H]2CO[C@@H]1O2. The van der Waals surface area contributed by atoms with Crippen molar-refractivity contribution in [2.24, 2.45) is 0 Å². The van der Waals surface area contributed by atoms with Crippen LogP contribution in [-0.2, 0) is 14.3 Å². The number of Topliss-reactive ketones (excluding diaryl/α,β-unsaturated/α-hetero) is 1. The van der Waals surface area contributed by atoms with Gasteiger partial charge in [-0.25, -0.2) is 0 Å². The summed E-state index contributed by atoms with van der Waals surface area (Å²) < 4.78 is 10.4. The Hall–Kier alpha value is -1.94. The van der Waals surface area contributed by atoms with Crippen LogP contribution in [0.2, 0.25) is 0 Å². The Morgan fingerprint density at radius 1 is 1.53 bits per heavy atom. The van der Waals surface area contributed by atoms with Crippen molar-refractivity contribution >= 4 is 11.7 Å². The minimum absolute atomic E-state index is 0.128. The van der Waals surface area contributed by atoms with Crippen molar-refractivity contribution in [3.8, 4) is 0 Å². The van der Waals surface area contributed by atoms with Crippen molar-refractivity contribution in [2.45, 2.75) is 24.9 Å². The first-order chi connectivity index (χ1) is 8.15. The zero-order valence-electron chi connectivity index (χ0n) is 8.42. The monoisotopic (exact) mass is 241 g/mol. The van der Waals surface area contributed by atoms with E-state index in [4.69, 9.17) is 9.47 Å². The molecule has 10 nitrogen and oxygen atoms in total. The van der Waals surface area contributed by atoms with Crippen LogP contribution in [0.5, 0.6) is 0 Å². The third-order valence-electron chi connectivity index (χ3n) is 2.69. The summed E-state index contributed by atoms with van der Waals surface area (Å²) in [5, 5.41) is 20.8. The average Bonchev–Trinajstić information content (AvgIpc) is 2.93. The highest BCUT2D eigenvalue weighted by Crippen LogP contribution is 2.31. The summed E-state index contributed by atoms with van der Waals surface area (Å²) in [6, 6.07) is -0.498. The first-order valence-electron chi connectivity index (χ1n) is 4.89. The van der Waals surface area contributed by atoms with E-state index < -0.39 is 23.2 Å². The smallest absolute Gasteiger partial charge is 0.390 e. The summed E-state index contributed by atoms with van der Waals surface area (Å²) in [5.74, 6) is -0.817. The van der Waals surface area contributed by atoms with E-state index in [0.29, 0.717) is 0 Å². The Bertz CT molecular complexity index is 487. The average molecular weight is 241 g/mol. The van der Waals surface area contributed by atoms with Gasteiger partial charge in [-0.3, -0.25) is 4.79 Å². The van der Waals surface area contributed by atoms with Gasteiger partial charge in [-0.15, -0.1) is 0 Å². The Morgan fingerprint density at radius 2 is 2.35 bits per heavy atom. The summed E-state index contributed by atoms with van der Waals surface area (Å²) in [7, 11) is 0. The zero-order valence-corrected chi connectivity index (χ0v) is 8.42. The number of carbonyl (C=O) groups excluding carboxylic acids is 1. The Morgan fingerprint density at radius 3 is 3.06 bits per heavy atom. The number of ketones is 1. The van der Waals surface area contributed by atoms with Crippen LogP contribution in [0.15, 0.2) is 0 Å². The van der Waals surface area contributed by atoms with Crippen molar-refractivity contribution < 1.29 is 19.2 Å². The van der Waals surface area contributed by atoms with E-state index in [9.17, 15) is 14.9 Å². The first kappa shape index (κ1) is 10.2. The van der Waals surface area contributed by atoms with E-state index in [1.165, 1.54) is 0 Å². The number of rotatable bonds is 2. The van der Waals surface area contributed by atoms with E-state index in [0.717, 1.165) is 4.80 Å². The van der Waals surface area contributed by atoms with Crippen molar-refractivity contribution in [3.05, 3.63) is 10.1 Å². The summed E-state index contributed by atoms with van der Waals surface area (Å²) in [4.78, 5) is 22.2. The van der Waals surface area contributed by atoms with E-state index >= 15 is 0 Å². The largest absolute Gasteiger partial charge is 0.514 e. The molecule has 2 fully saturated rings. The number of aromatic nitrogens is 4. The molecule has 10 heteroatoms. The number of fused-ring (bicyclic) bond motifs is 2. The van der Waals surface area contributed by atoms with Gasteiger partial charge >= 0.3 is 5.95 Å². The predicted octanol–water partition coefficient (Wildman–Crippen LogP) is -1.16. The third-order valence-corrected chi connectivity index (χ3v) is 2.69. The highest BCUT2D eigenvalue weighted by Gasteiger charge is 2.46. The maximum atomic E-state index is 11.5. The van der Waals surface area contributed by atoms with Crippen LogP contribution < -0.4 is 0 Å². The molecule has 0 spiro atoms. The van der Waals surface area contributed by atoms with Crippen LogP contribution in [0.3, 0.4) is 0 Å². The molecule has 0 N–H and O–H groups in total. The van der Waals surface area contributed by atoms with E-state index in [2.05, 4.69) is 15.4 Å². The molecule has 0 saturated carbocycles. The number of nitrogens with zero attached hydrogens (tertiary/aromatic N) is 5. The number of nitro groups is 1. The fourth-order valence-electron chi connectivity index (χ4n) is 1.89. The fourth-order valence-corrected chi connectivity index (χ4v) is 1.89. The number of carbonyl (C=O) groups is 1. The fraction of sp³-hybridized carbons (Fsp3) is 0.714.